The Bertz CT molecular complexity index is 459. The van der Waals surface area contributed by atoms with Crippen molar-refractivity contribution in [2.75, 3.05) is 7.05 Å². The second-order valence-electron chi connectivity index (χ2n) is 4.15. The number of thiophene rings is 1. The van der Waals surface area contributed by atoms with Crippen LogP contribution in [0.5, 0.6) is 0 Å². The molecule has 1 unspecified atom stereocenters. The summed E-state index contributed by atoms with van der Waals surface area (Å²) in [4.78, 5) is 1.38. The number of aryl methyl sites for hydroxylation is 2. The van der Waals surface area contributed by atoms with Crippen molar-refractivity contribution in [2.24, 2.45) is 0 Å². The van der Waals surface area contributed by atoms with Crippen LogP contribution < -0.4 is 5.32 Å². The van der Waals surface area contributed by atoms with Crippen LogP contribution in [0.1, 0.15) is 29.2 Å². The standard InChI is InChI=1S/C13H19N3S/c1-4-16-11(8-10(2)15-16)9-12(14-3)13-6-5-7-17-13/h5-8,12,14H,4,9H2,1-3H3. The molecule has 0 aromatic carbocycles. The highest BCUT2D eigenvalue weighted by Gasteiger charge is 2.14. The Labute approximate surface area is 106 Å². The summed E-state index contributed by atoms with van der Waals surface area (Å²) in [5.74, 6) is 0. The van der Waals surface area contributed by atoms with E-state index in [-0.39, 0.29) is 0 Å². The molecule has 0 aliphatic heterocycles. The molecule has 0 bridgehead atoms. The highest BCUT2D eigenvalue weighted by atomic mass is 32.1. The van der Waals surface area contributed by atoms with Crippen molar-refractivity contribution in [3.8, 4) is 0 Å². The van der Waals surface area contributed by atoms with Gasteiger partial charge in [-0.15, -0.1) is 11.3 Å². The van der Waals surface area contributed by atoms with Gasteiger partial charge in [0.2, 0.25) is 0 Å². The molecule has 4 heteroatoms. The first-order valence-electron chi connectivity index (χ1n) is 5.98. The highest BCUT2D eigenvalue weighted by molar-refractivity contribution is 7.10. The normalized spacial score (nSPS) is 12.9. The number of nitrogens with one attached hydrogen (secondary N) is 1. The van der Waals surface area contributed by atoms with Crippen LogP contribution in [0.25, 0.3) is 0 Å². The summed E-state index contributed by atoms with van der Waals surface area (Å²) in [5.41, 5.74) is 2.40. The van der Waals surface area contributed by atoms with E-state index in [4.69, 9.17) is 0 Å². The minimum absolute atomic E-state index is 0.386. The van der Waals surface area contributed by atoms with E-state index in [0.29, 0.717) is 6.04 Å². The lowest BCUT2D eigenvalue weighted by atomic mass is 10.1. The zero-order valence-corrected chi connectivity index (χ0v) is 11.4. The van der Waals surface area contributed by atoms with Crippen LogP contribution in [0.4, 0.5) is 0 Å². The third kappa shape index (κ3) is 2.76. The molecule has 0 saturated heterocycles. The summed E-state index contributed by atoms with van der Waals surface area (Å²) in [5, 5.41) is 10.00. The molecule has 2 heterocycles. The number of hydrogen-bond acceptors (Lipinski definition) is 3. The number of aromatic nitrogens is 2. The van der Waals surface area contributed by atoms with Crippen LogP contribution in [-0.2, 0) is 13.0 Å². The van der Waals surface area contributed by atoms with E-state index in [9.17, 15) is 0 Å². The maximum atomic E-state index is 4.49. The Morgan fingerprint density at radius 1 is 1.53 bits per heavy atom. The van der Waals surface area contributed by atoms with E-state index >= 15 is 0 Å². The van der Waals surface area contributed by atoms with Gasteiger partial charge in [-0.2, -0.15) is 5.10 Å². The number of likely N-dealkylation sites (N-methyl/N-ethyl adjacent to an activating group) is 1. The van der Waals surface area contributed by atoms with Gasteiger partial charge in [0.15, 0.2) is 0 Å². The first kappa shape index (κ1) is 12.3. The number of hydrogen-bond donors (Lipinski definition) is 1. The van der Waals surface area contributed by atoms with Gasteiger partial charge in [-0.1, -0.05) is 6.07 Å². The SMILES string of the molecule is CCn1nc(C)cc1CC(NC)c1cccs1. The van der Waals surface area contributed by atoms with Crippen molar-refractivity contribution in [1.82, 2.24) is 15.1 Å². The molecule has 2 aromatic rings. The van der Waals surface area contributed by atoms with Gasteiger partial charge in [0.1, 0.15) is 0 Å². The molecule has 17 heavy (non-hydrogen) atoms. The maximum absolute atomic E-state index is 4.49. The lowest BCUT2D eigenvalue weighted by molar-refractivity contribution is 0.546. The van der Waals surface area contributed by atoms with Crippen molar-refractivity contribution in [2.45, 2.75) is 32.9 Å². The zero-order chi connectivity index (χ0) is 12.3. The molecular weight excluding hydrogens is 230 g/mol. The monoisotopic (exact) mass is 249 g/mol. The third-order valence-corrected chi connectivity index (χ3v) is 3.92. The molecule has 0 aliphatic carbocycles. The fourth-order valence-electron chi connectivity index (χ4n) is 2.08. The minimum Gasteiger partial charge on any atom is -0.312 e. The predicted octanol–water partition coefficient (Wildman–Crippen LogP) is 2.78. The topological polar surface area (TPSA) is 29.9 Å². The molecule has 0 amide bonds. The van der Waals surface area contributed by atoms with E-state index in [1.54, 1.807) is 11.3 Å². The molecular formula is C13H19N3S. The minimum atomic E-state index is 0.386. The van der Waals surface area contributed by atoms with Gasteiger partial charge < -0.3 is 5.32 Å². The fourth-order valence-corrected chi connectivity index (χ4v) is 2.92. The molecule has 0 fully saturated rings. The lowest BCUT2D eigenvalue weighted by Crippen LogP contribution is -2.19. The molecule has 92 valence electrons. The second-order valence-corrected chi connectivity index (χ2v) is 5.13. The van der Waals surface area contributed by atoms with Crippen molar-refractivity contribution >= 4 is 11.3 Å². The summed E-state index contributed by atoms with van der Waals surface area (Å²) >= 11 is 1.80. The van der Waals surface area contributed by atoms with Crippen LogP contribution >= 0.6 is 11.3 Å². The smallest absolute Gasteiger partial charge is 0.0596 e. The largest absolute Gasteiger partial charge is 0.312 e. The van der Waals surface area contributed by atoms with Crippen molar-refractivity contribution in [3.63, 3.8) is 0 Å². The highest BCUT2D eigenvalue weighted by Crippen LogP contribution is 2.22. The molecule has 0 radical (unpaired) electrons. The van der Waals surface area contributed by atoms with E-state index < -0.39 is 0 Å². The molecule has 0 spiro atoms. The molecule has 1 N–H and O–H groups in total. The van der Waals surface area contributed by atoms with Gasteiger partial charge in [-0.05, 0) is 38.4 Å². The Morgan fingerprint density at radius 3 is 2.94 bits per heavy atom. The van der Waals surface area contributed by atoms with Crippen LogP contribution in [-0.4, -0.2) is 16.8 Å². The Balaban J connectivity index is 2.18. The summed E-state index contributed by atoms with van der Waals surface area (Å²) in [7, 11) is 2.02. The quantitative estimate of drug-likeness (QED) is 0.883. The van der Waals surface area contributed by atoms with Crippen molar-refractivity contribution < 1.29 is 0 Å². The van der Waals surface area contributed by atoms with Gasteiger partial charge in [-0.3, -0.25) is 4.68 Å². The predicted molar refractivity (Wildman–Crippen MR) is 72.5 cm³/mol. The van der Waals surface area contributed by atoms with Crippen LogP contribution in [0.2, 0.25) is 0 Å². The maximum Gasteiger partial charge on any atom is 0.0596 e. The Kier molecular flexibility index (Phi) is 3.97. The van der Waals surface area contributed by atoms with E-state index in [2.05, 4.69) is 52.5 Å². The van der Waals surface area contributed by atoms with Crippen LogP contribution in [0, 0.1) is 6.92 Å². The van der Waals surface area contributed by atoms with Crippen molar-refractivity contribution in [1.29, 1.82) is 0 Å². The third-order valence-electron chi connectivity index (χ3n) is 2.93. The molecule has 2 rings (SSSR count). The summed E-state index contributed by atoms with van der Waals surface area (Å²) in [6.45, 7) is 5.12. The summed E-state index contributed by atoms with van der Waals surface area (Å²) in [6, 6.07) is 6.86. The number of rotatable bonds is 5. The fraction of sp³-hybridized carbons (Fsp3) is 0.462. The van der Waals surface area contributed by atoms with E-state index in [1.807, 2.05) is 7.05 Å². The average Bonchev–Trinajstić information content (AvgIpc) is 2.94. The molecule has 1 atom stereocenters. The molecule has 0 saturated carbocycles. The zero-order valence-electron chi connectivity index (χ0n) is 10.6. The van der Waals surface area contributed by atoms with Gasteiger partial charge in [-0.25, -0.2) is 0 Å². The Morgan fingerprint density at radius 2 is 2.35 bits per heavy atom. The van der Waals surface area contributed by atoms with Gasteiger partial charge in [0.25, 0.3) is 0 Å². The number of nitrogens with zero attached hydrogens (tertiary/aromatic N) is 2. The Hall–Kier alpha value is -1.13. The lowest BCUT2D eigenvalue weighted by Gasteiger charge is -2.15. The van der Waals surface area contributed by atoms with Crippen molar-refractivity contribution in [3.05, 3.63) is 39.8 Å². The van der Waals surface area contributed by atoms with Gasteiger partial charge in [0.05, 0.1) is 5.69 Å². The van der Waals surface area contributed by atoms with Crippen LogP contribution in [0.3, 0.4) is 0 Å². The first-order chi connectivity index (χ1) is 8.24. The van der Waals surface area contributed by atoms with Gasteiger partial charge in [0, 0.05) is 29.6 Å². The molecule has 2 aromatic heterocycles. The first-order valence-corrected chi connectivity index (χ1v) is 6.86. The summed E-state index contributed by atoms with van der Waals surface area (Å²) < 4.78 is 2.09. The average molecular weight is 249 g/mol. The molecule has 3 nitrogen and oxygen atoms in total. The van der Waals surface area contributed by atoms with E-state index in [1.165, 1.54) is 10.6 Å². The second kappa shape index (κ2) is 5.47. The van der Waals surface area contributed by atoms with Crippen LogP contribution in [0.15, 0.2) is 23.6 Å². The molecule has 0 aliphatic rings. The van der Waals surface area contributed by atoms with E-state index in [0.717, 1.165) is 18.7 Å². The summed E-state index contributed by atoms with van der Waals surface area (Å²) in [6.07, 6.45) is 0.992. The van der Waals surface area contributed by atoms with Gasteiger partial charge >= 0.3 is 0 Å².